The average molecular weight is 373 g/mol. The number of rotatable bonds is 16. The van der Waals surface area contributed by atoms with Gasteiger partial charge in [0.2, 0.25) is 0 Å². The molecule has 3 heteroatoms. The third kappa shape index (κ3) is 13.0. The van der Waals surface area contributed by atoms with E-state index in [-0.39, 0.29) is 5.78 Å². The fourth-order valence-corrected chi connectivity index (χ4v) is 3.01. The smallest absolute Gasteiger partial charge is 0.330 e. The molecule has 0 amide bonds. The van der Waals surface area contributed by atoms with Crippen LogP contribution in [0.15, 0.2) is 42.5 Å². The number of esters is 1. The topological polar surface area (TPSA) is 43.4 Å². The number of allylic oxidation sites excluding steroid dienone is 1. The number of unbranched alkanes of at least 4 members (excludes halogenated alkanes) is 11. The highest BCUT2D eigenvalue weighted by molar-refractivity contribution is 6.06. The monoisotopic (exact) mass is 372 g/mol. The molecule has 0 aliphatic heterocycles. The van der Waals surface area contributed by atoms with Crippen molar-refractivity contribution in [1.82, 2.24) is 0 Å². The maximum Gasteiger partial charge on any atom is 0.330 e. The van der Waals surface area contributed by atoms with Crippen LogP contribution in [0.4, 0.5) is 0 Å². The van der Waals surface area contributed by atoms with Gasteiger partial charge in [-0.2, -0.15) is 0 Å². The van der Waals surface area contributed by atoms with Crippen LogP contribution in [0.3, 0.4) is 0 Å². The zero-order valence-corrected chi connectivity index (χ0v) is 17.0. The number of carbonyl (C=O) groups is 2. The summed E-state index contributed by atoms with van der Waals surface area (Å²) in [6.45, 7) is 2.69. The third-order valence-corrected chi connectivity index (χ3v) is 4.67. The Morgan fingerprint density at radius 3 is 1.81 bits per heavy atom. The van der Waals surface area contributed by atoms with Gasteiger partial charge in [-0.05, 0) is 12.5 Å². The molecule has 0 aromatic heterocycles. The second kappa shape index (κ2) is 16.3. The normalized spacial score (nSPS) is 11.0. The fourth-order valence-electron chi connectivity index (χ4n) is 3.01. The van der Waals surface area contributed by atoms with Crippen molar-refractivity contribution in [1.29, 1.82) is 0 Å². The number of carbonyl (C=O) groups excluding carboxylic acids is 2. The van der Waals surface area contributed by atoms with Crippen molar-refractivity contribution in [2.24, 2.45) is 0 Å². The minimum absolute atomic E-state index is 0.182. The lowest BCUT2D eigenvalue weighted by Crippen LogP contribution is -2.03. The van der Waals surface area contributed by atoms with Crippen LogP contribution in [0, 0.1) is 0 Å². The molecule has 27 heavy (non-hydrogen) atoms. The second-order valence-electron chi connectivity index (χ2n) is 7.12. The van der Waals surface area contributed by atoms with Gasteiger partial charge in [0.25, 0.3) is 0 Å². The van der Waals surface area contributed by atoms with E-state index in [9.17, 15) is 9.59 Å². The molecule has 0 N–H and O–H groups in total. The van der Waals surface area contributed by atoms with E-state index in [1.54, 1.807) is 24.3 Å². The molecular formula is C24H36O3. The standard InChI is InChI=1S/C24H36O3/c1-2-3-4-5-6-7-8-9-10-11-12-16-21-27-24(26)20-19-23(25)22-17-14-13-15-18-22/h13-15,17-20H,2-12,16,21H2,1H3. The van der Waals surface area contributed by atoms with Crippen LogP contribution < -0.4 is 0 Å². The lowest BCUT2D eigenvalue weighted by molar-refractivity contribution is -0.137. The van der Waals surface area contributed by atoms with E-state index in [4.69, 9.17) is 4.74 Å². The van der Waals surface area contributed by atoms with Gasteiger partial charge in [0.1, 0.15) is 0 Å². The van der Waals surface area contributed by atoms with Crippen molar-refractivity contribution in [3.8, 4) is 0 Å². The zero-order valence-electron chi connectivity index (χ0n) is 17.0. The molecule has 150 valence electrons. The number of benzene rings is 1. The van der Waals surface area contributed by atoms with Crippen molar-refractivity contribution in [2.75, 3.05) is 6.61 Å². The summed E-state index contributed by atoms with van der Waals surface area (Å²) in [7, 11) is 0. The molecule has 0 spiro atoms. The minimum Gasteiger partial charge on any atom is -0.463 e. The second-order valence-corrected chi connectivity index (χ2v) is 7.12. The first-order valence-electron chi connectivity index (χ1n) is 10.7. The summed E-state index contributed by atoms with van der Waals surface area (Å²) < 4.78 is 5.14. The van der Waals surface area contributed by atoms with Crippen LogP contribution >= 0.6 is 0 Å². The van der Waals surface area contributed by atoms with E-state index < -0.39 is 5.97 Å². The number of hydrogen-bond acceptors (Lipinski definition) is 3. The predicted molar refractivity (Wildman–Crippen MR) is 112 cm³/mol. The van der Waals surface area contributed by atoms with Crippen molar-refractivity contribution in [3.05, 3.63) is 48.0 Å². The first kappa shape index (κ1) is 23.1. The summed E-state index contributed by atoms with van der Waals surface area (Å²) in [5.74, 6) is -0.625. The Morgan fingerprint density at radius 2 is 1.26 bits per heavy atom. The Hall–Kier alpha value is -1.90. The SMILES string of the molecule is CCCCCCCCCCCCCCOC(=O)C=CC(=O)c1ccccc1. The van der Waals surface area contributed by atoms with Gasteiger partial charge in [-0.15, -0.1) is 0 Å². The number of ether oxygens (including phenoxy) is 1. The van der Waals surface area contributed by atoms with Crippen LogP contribution in [-0.2, 0) is 9.53 Å². The first-order chi connectivity index (χ1) is 13.2. The highest BCUT2D eigenvalue weighted by Crippen LogP contribution is 2.12. The number of hydrogen-bond donors (Lipinski definition) is 0. The van der Waals surface area contributed by atoms with Crippen LogP contribution in [-0.4, -0.2) is 18.4 Å². The van der Waals surface area contributed by atoms with Crippen molar-refractivity contribution in [3.63, 3.8) is 0 Å². The Kier molecular flexibility index (Phi) is 14.0. The quantitative estimate of drug-likeness (QED) is 0.141. The molecule has 0 atom stereocenters. The molecule has 1 aromatic carbocycles. The van der Waals surface area contributed by atoms with E-state index in [2.05, 4.69) is 6.92 Å². The largest absolute Gasteiger partial charge is 0.463 e. The molecule has 0 fully saturated rings. The van der Waals surface area contributed by atoms with Gasteiger partial charge in [0.15, 0.2) is 5.78 Å². The molecule has 0 saturated carbocycles. The summed E-state index contributed by atoms with van der Waals surface area (Å²) in [5, 5.41) is 0. The fraction of sp³-hybridized carbons (Fsp3) is 0.583. The van der Waals surface area contributed by atoms with Gasteiger partial charge in [-0.1, -0.05) is 108 Å². The molecule has 3 nitrogen and oxygen atoms in total. The van der Waals surface area contributed by atoms with Gasteiger partial charge in [0.05, 0.1) is 6.61 Å². The van der Waals surface area contributed by atoms with E-state index in [0.717, 1.165) is 12.8 Å². The van der Waals surface area contributed by atoms with Crippen LogP contribution in [0.1, 0.15) is 94.3 Å². The van der Waals surface area contributed by atoms with Crippen LogP contribution in [0.5, 0.6) is 0 Å². The summed E-state index contributed by atoms with van der Waals surface area (Å²) in [6, 6.07) is 8.90. The van der Waals surface area contributed by atoms with Gasteiger partial charge >= 0.3 is 5.97 Å². The summed E-state index contributed by atoms with van der Waals surface area (Å²) in [4.78, 5) is 23.5. The summed E-state index contributed by atoms with van der Waals surface area (Å²) in [5.41, 5.74) is 0.572. The van der Waals surface area contributed by atoms with E-state index >= 15 is 0 Å². The molecule has 1 rings (SSSR count). The summed E-state index contributed by atoms with van der Waals surface area (Å²) in [6.07, 6.45) is 17.9. The van der Waals surface area contributed by atoms with Crippen LogP contribution in [0.25, 0.3) is 0 Å². The van der Waals surface area contributed by atoms with Gasteiger partial charge in [-0.3, -0.25) is 4.79 Å². The lowest BCUT2D eigenvalue weighted by atomic mass is 10.1. The molecule has 0 aliphatic carbocycles. The highest BCUT2D eigenvalue weighted by atomic mass is 16.5. The Bertz CT molecular complexity index is 534. The van der Waals surface area contributed by atoms with Crippen molar-refractivity contribution in [2.45, 2.75) is 84.0 Å². The van der Waals surface area contributed by atoms with Crippen molar-refractivity contribution >= 4 is 11.8 Å². The first-order valence-corrected chi connectivity index (χ1v) is 10.7. The summed E-state index contributed by atoms with van der Waals surface area (Å²) >= 11 is 0. The Balaban J connectivity index is 1.92. The predicted octanol–water partition coefficient (Wildman–Crippen LogP) is 6.67. The Morgan fingerprint density at radius 1 is 0.741 bits per heavy atom. The molecule has 0 aliphatic rings. The van der Waals surface area contributed by atoms with Gasteiger partial charge in [0, 0.05) is 11.6 Å². The third-order valence-electron chi connectivity index (χ3n) is 4.67. The molecule has 1 aromatic rings. The van der Waals surface area contributed by atoms with Crippen molar-refractivity contribution < 1.29 is 14.3 Å². The molecule has 0 heterocycles. The highest BCUT2D eigenvalue weighted by Gasteiger charge is 2.02. The lowest BCUT2D eigenvalue weighted by Gasteiger charge is -2.03. The maximum atomic E-state index is 11.8. The van der Waals surface area contributed by atoms with E-state index in [1.165, 1.54) is 76.4 Å². The molecule has 0 bridgehead atoms. The van der Waals surface area contributed by atoms with Gasteiger partial charge in [-0.25, -0.2) is 4.79 Å². The number of ketones is 1. The zero-order chi connectivity index (χ0) is 19.6. The van der Waals surface area contributed by atoms with E-state index in [0.29, 0.717) is 12.2 Å². The molecule has 0 unspecified atom stereocenters. The minimum atomic E-state index is -0.442. The maximum absolute atomic E-state index is 11.8. The van der Waals surface area contributed by atoms with Gasteiger partial charge < -0.3 is 4.74 Å². The van der Waals surface area contributed by atoms with Crippen LogP contribution in [0.2, 0.25) is 0 Å². The molecule has 0 radical (unpaired) electrons. The molecular weight excluding hydrogens is 336 g/mol. The molecule has 0 saturated heterocycles. The average Bonchev–Trinajstić information content (AvgIpc) is 2.70. The Labute approximate surface area is 165 Å². The van der Waals surface area contributed by atoms with E-state index in [1.807, 2.05) is 6.07 Å².